The van der Waals surface area contributed by atoms with Crippen LogP contribution < -0.4 is 9.59 Å². The predicted octanol–water partition coefficient (Wildman–Crippen LogP) is 5.42. The smallest absolute Gasteiger partial charge is 0.124 e. The Morgan fingerprint density at radius 1 is 0.783 bits per heavy atom. The lowest BCUT2D eigenvalue weighted by Crippen LogP contribution is -2.35. The largest absolute Gasteiger partial charge is 0.868 e. The van der Waals surface area contributed by atoms with Crippen molar-refractivity contribution < 1.29 is 5.11 Å². The molecule has 0 N–H and O–H groups in total. The van der Waals surface area contributed by atoms with Crippen molar-refractivity contribution >= 4 is 5.69 Å². The minimum absolute atomic E-state index is 0.157. The summed E-state index contributed by atoms with van der Waals surface area (Å²) in [6, 6.07) is 5.86. The highest BCUT2D eigenvalue weighted by molar-refractivity contribution is 5.55. The fraction of sp³-hybridized carbons (Fsp3) is 0.714. The molecule has 0 fully saturated rings. The highest BCUT2D eigenvalue weighted by Gasteiger charge is 2.13. The maximum atomic E-state index is 11.9. The zero-order valence-corrected chi connectivity index (χ0v) is 15.9. The van der Waals surface area contributed by atoms with E-state index in [0.29, 0.717) is 4.48 Å². The van der Waals surface area contributed by atoms with Gasteiger partial charge in [-0.15, -0.1) is 0 Å². The average Bonchev–Trinajstić information content (AvgIpc) is 2.49. The standard InChI is InChI=1S/C21H37NO/c1-5-6-7-8-9-10-11-12-13-14-15-19-16-17-21(23)20(18-19)22(2,3)4/h16-18H,5-15H2,1-4H3. The van der Waals surface area contributed by atoms with Crippen LogP contribution in [0.15, 0.2) is 18.2 Å². The number of hydrogen-bond donors (Lipinski definition) is 0. The molecule has 0 spiro atoms. The Morgan fingerprint density at radius 2 is 1.30 bits per heavy atom. The van der Waals surface area contributed by atoms with Crippen LogP contribution in [0.1, 0.15) is 76.7 Å². The van der Waals surface area contributed by atoms with E-state index in [1.165, 1.54) is 69.8 Å². The fourth-order valence-corrected chi connectivity index (χ4v) is 3.06. The molecule has 1 aromatic rings. The van der Waals surface area contributed by atoms with Gasteiger partial charge in [0, 0.05) is 6.07 Å². The number of aryl methyl sites for hydroxylation is 1. The third-order valence-corrected chi connectivity index (χ3v) is 4.57. The van der Waals surface area contributed by atoms with Gasteiger partial charge >= 0.3 is 0 Å². The van der Waals surface area contributed by atoms with Crippen LogP contribution in [-0.4, -0.2) is 21.1 Å². The Hall–Kier alpha value is -1.02. The van der Waals surface area contributed by atoms with E-state index in [1.54, 1.807) is 6.07 Å². The van der Waals surface area contributed by atoms with Crippen molar-refractivity contribution in [2.75, 3.05) is 21.1 Å². The molecule has 0 bridgehead atoms. The Balaban J connectivity index is 2.17. The first kappa shape index (κ1) is 20.0. The molecule has 2 nitrogen and oxygen atoms in total. The molecule has 132 valence electrons. The average molecular weight is 320 g/mol. The molecule has 0 saturated carbocycles. The summed E-state index contributed by atoms with van der Waals surface area (Å²) in [4.78, 5) is 0. The molecule has 0 aliphatic carbocycles. The topological polar surface area (TPSA) is 23.1 Å². The summed E-state index contributed by atoms with van der Waals surface area (Å²) < 4.78 is 0.602. The zero-order valence-electron chi connectivity index (χ0n) is 15.9. The van der Waals surface area contributed by atoms with Crippen LogP contribution in [0.5, 0.6) is 5.75 Å². The van der Waals surface area contributed by atoms with Crippen molar-refractivity contribution in [2.24, 2.45) is 0 Å². The minimum Gasteiger partial charge on any atom is -0.868 e. The summed E-state index contributed by atoms with van der Waals surface area (Å²) in [6.45, 7) is 2.27. The molecule has 0 saturated heterocycles. The van der Waals surface area contributed by atoms with Crippen molar-refractivity contribution in [1.29, 1.82) is 0 Å². The second-order valence-corrected chi connectivity index (χ2v) is 7.75. The van der Waals surface area contributed by atoms with Gasteiger partial charge in [-0.2, -0.15) is 0 Å². The molecule has 1 rings (SSSR count). The van der Waals surface area contributed by atoms with Gasteiger partial charge in [0.1, 0.15) is 5.69 Å². The van der Waals surface area contributed by atoms with E-state index < -0.39 is 0 Å². The number of rotatable bonds is 12. The van der Waals surface area contributed by atoms with E-state index >= 15 is 0 Å². The van der Waals surface area contributed by atoms with Crippen molar-refractivity contribution in [3.63, 3.8) is 0 Å². The summed E-state index contributed by atoms with van der Waals surface area (Å²) in [7, 11) is 6.17. The van der Waals surface area contributed by atoms with Gasteiger partial charge in [0.15, 0.2) is 0 Å². The SMILES string of the molecule is CCCCCCCCCCCCc1ccc([O-])c([N+](C)(C)C)c1. The van der Waals surface area contributed by atoms with Crippen LogP contribution in [0.2, 0.25) is 0 Å². The Kier molecular flexibility index (Phi) is 9.31. The van der Waals surface area contributed by atoms with E-state index in [0.717, 1.165) is 12.1 Å². The fourth-order valence-electron chi connectivity index (χ4n) is 3.06. The Bertz CT molecular complexity index is 434. The number of hydrogen-bond acceptors (Lipinski definition) is 1. The highest BCUT2D eigenvalue weighted by atomic mass is 16.3. The molecule has 2 heteroatoms. The third-order valence-electron chi connectivity index (χ3n) is 4.57. The van der Waals surface area contributed by atoms with E-state index in [1.807, 2.05) is 6.07 Å². The summed E-state index contributed by atoms with van der Waals surface area (Å²) in [5.74, 6) is 0.157. The second kappa shape index (κ2) is 10.7. The molecular weight excluding hydrogens is 282 g/mol. The van der Waals surface area contributed by atoms with Gasteiger partial charge < -0.3 is 5.11 Å². The molecular formula is C21H37NO. The van der Waals surface area contributed by atoms with Crippen LogP contribution in [-0.2, 0) is 6.42 Å². The molecule has 0 atom stereocenters. The zero-order chi connectivity index (χ0) is 17.1. The second-order valence-electron chi connectivity index (χ2n) is 7.75. The number of benzene rings is 1. The van der Waals surface area contributed by atoms with Crippen molar-refractivity contribution in [3.8, 4) is 5.75 Å². The maximum absolute atomic E-state index is 11.9. The number of nitrogens with zero attached hydrogens (tertiary/aromatic N) is 1. The van der Waals surface area contributed by atoms with Crippen LogP contribution in [0.25, 0.3) is 0 Å². The van der Waals surface area contributed by atoms with Gasteiger partial charge in [-0.1, -0.05) is 76.8 Å². The predicted molar refractivity (Wildman–Crippen MR) is 101 cm³/mol. The Labute approximate surface area is 144 Å². The first-order valence-electron chi connectivity index (χ1n) is 9.57. The lowest BCUT2D eigenvalue weighted by molar-refractivity contribution is -0.268. The van der Waals surface area contributed by atoms with E-state index in [9.17, 15) is 5.11 Å². The summed E-state index contributed by atoms with van der Waals surface area (Å²) in [5.41, 5.74) is 2.21. The first-order chi connectivity index (χ1) is 10.9. The lowest BCUT2D eigenvalue weighted by Gasteiger charge is -2.28. The van der Waals surface area contributed by atoms with Crippen molar-refractivity contribution in [1.82, 2.24) is 4.48 Å². The molecule has 0 aliphatic rings. The summed E-state index contributed by atoms with van der Waals surface area (Å²) in [5, 5.41) is 11.9. The quantitative estimate of drug-likeness (QED) is 0.372. The maximum Gasteiger partial charge on any atom is 0.124 e. The normalized spacial score (nSPS) is 11.8. The van der Waals surface area contributed by atoms with Crippen molar-refractivity contribution in [2.45, 2.75) is 77.6 Å². The summed E-state index contributed by atoms with van der Waals surface area (Å²) >= 11 is 0. The first-order valence-corrected chi connectivity index (χ1v) is 9.57. The molecule has 0 radical (unpaired) electrons. The molecule has 1 aromatic carbocycles. The molecule has 0 heterocycles. The van der Waals surface area contributed by atoms with Gasteiger partial charge in [0.25, 0.3) is 0 Å². The minimum atomic E-state index is 0.157. The molecule has 0 amide bonds. The van der Waals surface area contributed by atoms with Gasteiger partial charge in [-0.05, 0) is 24.2 Å². The van der Waals surface area contributed by atoms with Crippen LogP contribution in [0, 0.1) is 0 Å². The van der Waals surface area contributed by atoms with Crippen LogP contribution in [0.3, 0.4) is 0 Å². The van der Waals surface area contributed by atoms with Gasteiger partial charge in [-0.25, -0.2) is 0 Å². The van der Waals surface area contributed by atoms with E-state index in [-0.39, 0.29) is 5.75 Å². The molecule has 23 heavy (non-hydrogen) atoms. The van der Waals surface area contributed by atoms with Crippen LogP contribution in [0.4, 0.5) is 5.69 Å². The number of quaternary nitrogens is 1. The van der Waals surface area contributed by atoms with Gasteiger partial charge in [0.05, 0.1) is 21.1 Å². The molecule has 0 unspecified atom stereocenters. The molecule has 0 aromatic heterocycles. The lowest BCUT2D eigenvalue weighted by atomic mass is 10.0. The van der Waals surface area contributed by atoms with Gasteiger partial charge in [-0.3, -0.25) is 4.48 Å². The Morgan fingerprint density at radius 3 is 1.83 bits per heavy atom. The van der Waals surface area contributed by atoms with E-state index in [4.69, 9.17) is 0 Å². The third kappa shape index (κ3) is 8.41. The summed E-state index contributed by atoms with van der Waals surface area (Å²) in [6.07, 6.45) is 14.8. The van der Waals surface area contributed by atoms with E-state index in [2.05, 4.69) is 34.1 Å². The number of unbranched alkanes of at least 4 members (excludes halogenated alkanes) is 9. The van der Waals surface area contributed by atoms with Crippen molar-refractivity contribution in [3.05, 3.63) is 23.8 Å². The van der Waals surface area contributed by atoms with Crippen LogP contribution >= 0.6 is 0 Å². The van der Waals surface area contributed by atoms with Gasteiger partial charge in [0.2, 0.25) is 0 Å². The molecule has 0 aliphatic heterocycles. The monoisotopic (exact) mass is 319 g/mol. The highest BCUT2D eigenvalue weighted by Crippen LogP contribution is 2.28.